The first-order valence-corrected chi connectivity index (χ1v) is 15.9. The van der Waals surface area contributed by atoms with Crippen LogP contribution in [0.15, 0.2) is 65.3 Å². The maximum Gasteiger partial charge on any atom is 0.413 e. The molecule has 1 aromatic heterocycles. The van der Waals surface area contributed by atoms with Gasteiger partial charge < -0.3 is 20.7 Å². The number of rotatable bonds is 8. The molecule has 0 unspecified atom stereocenters. The van der Waals surface area contributed by atoms with Crippen LogP contribution in [-0.4, -0.2) is 65.9 Å². The minimum atomic E-state index is -0.633. The number of carbonyl (C=O) groups is 3. The van der Waals surface area contributed by atoms with Crippen molar-refractivity contribution in [1.82, 2.24) is 25.8 Å². The first-order valence-electron chi connectivity index (χ1n) is 15.9. The van der Waals surface area contributed by atoms with Crippen molar-refractivity contribution in [3.05, 3.63) is 93.8 Å². The maximum absolute atomic E-state index is 13.4. The molecule has 0 bridgehead atoms. The molecule has 11 nitrogen and oxygen atoms in total. The molecule has 0 spiro atoms. The molecule has 2 aliphatic rings. The largest absolute Gasteiger partial charge is 0.444 e. The van der Waals surface area contributed by atoms with E-state index in [9.17, 15) is 14.4 Å². The van der Waals surface area contributed by atoms with Crippen molar-refractivity contribution in [1.29, 1.82) is 0 Å². The van der Waals surface area contributed by atoms with Gasteiger partial charge in [0, 0.05) is 67.9 Å². The van der Waals surface area contributed by atoms with E-state index < -0.39 is 11.7 Å². The van der Waals surface area contributed by atoms with E-state index in [-0.39, 0.29) is 11.8 Å². The number of benzene rings is 2. The third-order valence-corrected chi connectivity index (χ3v) is 7.70. The van der Waals surface area contributed by atoms with E-state index in [1.165, 1.54) is 0 Å². The molecule has 0 radical (unpaired) electrons. The molecule has 3 heterocycles. The zero-order valence-electron chi connectivity index (χ0n) is 27.7. The molecule has 0 atom stereocenters. The number of aliphatic imine (C=N–C) groups is 1. The number of amidine groups is 1. The third kappa shape index (κ3) is 9.34. The summed E-state index contributed by atoms with van der Waals surface area (Å²) in [6.07, 6.45) is 4.39. The second-order valence-electron chi connectivity index (χ2n) is 12.9. The van der Waals surface area contributed by atoms with Gasteiger partial charge in [-0.15, -0.1) is 0 Å². The minimum absolute atomic E-state index is 0.0788. The maximum atomic E-state index is 13.4. The molecule has 5 rings (SSSR count). The van der Waals surface area contributed by atoms with Gasteiger partial charge >= 0.3 is 6.09 Å². The lowest BCUT2D eigenvalue weighted by atomic mass is 10.0. The van der Waals surface area contributed by atoms with Crippen LogP contribution in [0.4, 0.5) is 16.2 Å². The van der Waals surface area contributed by atoms with Crippen LogP contribution in [0.2, 0.25) is 0 Å². The van der Waals surface area contributed by atoms with Gasteiger partial charge in [0.25, 0.3) is 11.8 Å². The van der Waals surface area contributed by atoms with Crippen molar-refractivity contribution in [3.63, 3.8) is 0 Å². The van der Waals surface area contributed by atoms with Crippen LogP contribution in [0.1, 0.15) is 77.2 Å². The standard InChI is InChI=1S/C36H43N7O4/c1-23-16-26-10-11-27(19-31(26)41-32(17-23)42-35(46)47-36(2,3)4)34(45)40-29-18-28-22-43(15-12-30(28)39-20-29)21-24-6-8-25(9-7-24)33(44)38-14-13-37-5/h6-11,16,18-20,37H,12-15,17,21-22H2,1-5H3,(H,38,44)(H,40,45)(H,41,42,46). The molecule has 47 heavy (non-hydrogen) atoms. The second kappa shape index (κ2) is 14.7. The number of pyridine rings is 1. The van der Waals surface area contributed by atoms with E-state index in [4.69, 9.17) is 4.74 Å². The SMILES string of the molecule is CNCCNC(=O)c1ccc(CN2CCc3ncc(NC(=O)c4ccc5c(c4)N=C(NC(=O)OC(C)(C)C)CC(C)=C5)cc3C2)cc1. The summed E-state index contributed by atoms with van der Waals surface area (Å²) in [5.74, 6) is 0.0957. The fraction of sp³-hybridized carbons (Fsp3) is 0.361. The first-order chi connectivity index (χ1) is 22.5. The van der Waals surface area contributed by atoms with Crippen LogP contribution in [0.3, 0.4) is 0 Å². The predicted molar refractivity (Wildman–Crippen MR) is 184 cm³/mol. The zero-order chi connectivity index (χ0) is 33.6. The molecule has 0 aliphatic carbocycles. The molecule has 3 amide bonds. The molecule has 2 aromatic carbocycles. The summed E-state index contributed by atoms with van der Waals surface area (Å²) in [7, 11) is 1.85. The number of amides is 3. The van der Waals surface area contributed by atoms with Crippen molar-refractivity contribution in [2.45, 2.75) is 59.2 Å². The van der Waals surface area contributed by atoms with Gasteiger partial charge in [0.05, 0.1) is 17.6 Å². The Kier molecular flexibility index (Phi) is 10.5. The fourth-order valence-electron chi connectivity index (χ4n) is 5.48. The number of aromatic nitrogens is 1. The molecule has 246 valence electrons. The van der Waals surface area contributed by atoms with E-state index in [1.807, 2.05) is 56.4 Å². The highest BCUT2D eigenvalue weighted by atomic mass is 16.6. The van der Waals surface area contributed by atoms with Gasteiger partial charge in [-0.2, -0.15) is 0 Å². The number of hydrogen-bond acceptors (Lipinski definition) is 8. The molecule has 3 aromatic rings. The van der Waals surface area contributed by atoms with Crippen molar-refractivity contribution >= 4 is 41.2 Å². The van der Waals surface area contributed by atoms with Gasteiger partial charge in [-0.25, -0.2) is 9.79 Å². The van der Waals surface area contributed by atoms with E-state index in [0.717, 1.165) is 54.0 Å². The molecular weight excluding hydrogens is 594 g/mol. The Bertz CT molecular complexity index is 1710. The number of ether oxygens (including phenoxy) is 1. The van der Waals surface area contributed by atoms with Crippen molar-refractivity contribution in [3.8, 4) is 0 Å². The molecule has 0 saturated carbocycles. The van der Waals surface area contributed by atoms with Crippen LogP contribution in [0.5, 0.6) is 0 Å². The third-order valence-electron chi connectivity index (χ3n) is 7.70. The average Bonchev–Trinajstić information content (AvgIpc) is 3.16. The summed E-state index contributed by atoms with van der Waals surface area (Å²) in [4.78, 5) is 49.7. The number of nitrogens with one attached hydrogen (secondary N) is 4. The van der Waals surface area contributed by atoms with E-state index in [0.29, 0.717) is 47.8 Å². The van der Waals surface area contributed by atoms with Gasteiger partial charge in [-0.1, -0.05) is 29.8 Å². The van der Waals surface area contributed by atoms with Crippen molar-refractivity contribution in [2.24, 2.45) is 4.99 Å². The zero-order valence-corrected chi connectivity index (χ0v) is 27.7. The van der Waals surface area contributed by atoms with E-state index in [1.54, 1.807) is 39.1 Å². The number of carbonyl (C=O) groups excluding carboxylic acids is 3. The summed E-state index contributed by atoms with van der Waals surface area (Å²) < 4.78 is 5.40. The predicted octanol–water partition coefficient (Wildman–Crippen LogP) is 5.20. The summed E-state index contributed by atoms with van der Waals surface area (Å²) in [5.41, 5.74) is 6.75. The highest BCUT2D eigenvalue weighted by molar-refractivity contribution is 6.06. The Morgan fingerprint density at radius 3 is 2.47 bits per heavy atom. The van der Waals surface area contributed by atoms with Gasteiger partial charge in [0.15, 0.2) is 0 Å². The number of nitrogens with zero attached hydrogens (tertiary/aromatic N) is 3. The Balaban J connectivity index is 1.23. The molecule has 0 saturated heterocycles. The summed E-state index contributed by atoms with van der Waals surface area (Å²) in [6, 6.07) is 15.1. The summed E-state index contributed by atoms with van der Waals surface area (Å²) >= 11 is 0. The minimum Gasteiger partial charge on any atom is -0.444 e. The van der Waals surface area contributed by atoms with Crippen LogP contribution < -0.4 is 21.3 Å². The monoisotopic (exact) mass is 637 g/mol. The van der Waals surface area contributed by atoms with Gasteiger partial charge in [0.1, 0.15) is 11.4 Å². The Labute approximate surface area is 275 Å². The Morgan fingerprint density at radius 1 is 0.957 bits per heavy atom. The number of fused-ring (bicyclic) bond motifs is 2. The van der Waals surface area contributed by atoms with Gasteiger partial charge in [-0.3, -0.25) is 24.8 Å². The van der Waals surface area contributed by atoms with Crippen LogP contribution in [0, 0.1) is 0 Å². The average molecular weight is 638 g/mol. The number of anilines is 1. The molecule has 2 aliphatic heterocycles. The van der Waals surface area contributed by atoms with Crippen LogP contribution in [-0.2, 0) is 24.2 Å². The lowest BCUT2D eigenvalue weighted by Gasteiger charge is -2.28. The number of likely N-dealkylation sites (N-methyl/N-ethyl adjacent to an activating group) is 1. The number of hydrogen-bond donors (Lipinski definition) is 4. The lowest BCUT2D eigenvalue weighted by molar-refractivity contribution is 0.0562. The smallest absolute Gasteiger partial charge is 0.413 e. The lowest BCUT2D eigenvalue weighted by Crippen LogP contribution is -2.36. The Morgan fingerprint density at radius 2 is 1.72 bits per heavy atom. The second-order valence-corrected chi connectivity index (χ2v) is 12.9. The summed E-state index contributed by atoms with van der Waals surface area (Å²) in [6.45, 7) is 11.0. The highest BCUT2D eigenvalue weighted by Crippen LogP contribution is 2.29. The van der Waals surface area contributed by atoms with Crippen LogP contribution in [0.25, 0.3) is 6.08 Å². The molecular formula is C36H43N7O4. The number of alkyl carbamates (subject to hydrolysis) is 1. The molecule has 4 N–H and O–H groups in total. The fourth-order valence-corrected chi connectivity index (χ4v) is 5.48. The van der Waals surface area contributed by atoms with E-state index >= 15 is 0 Å². The molecule has 0 fully saturated rings. The van der Waals surface area contributed by atoms with Crippen LogP contribution >= 0.6 is 0 Å². The van der Waals surface area contributed by atoms with Gasteiger partial charge in [0.2, 0.25) is 0 Å². The first kappa shape index (κ1) is 33.5. The highest BCUT2D eigenvalue weighted by Gasteiger charge is 2.21. The molecule has 11 heteroatoms. The van der Waals surface area contributed by atoms with Gasteiger partial charge in [-0.05, 0) is 76.2 Å². The van der Waals surface area contributed by atoms with E-state index in [2.05, 4.69) is 36.1 Å². The Hall–Kier alpha value is -4.87. The topological polar surface area (TPSA) is 137 Å². The van der Waals surface area contributed by atoms with Crippen molar-refractivity contribution in [2.75, 3.05) is 32.0 Å². The summed E-state index contributed by atoms with van der Waals surface area (Å²) in [5, 5.41) is 11.7. The quantitative estimate of drug-likeness (QED) is 0.249. The van der Waals surface area contributed by atoms with Crippen molar-refractivity contribution < 1.29 is 19.1 Å². The normalized spacial score (nSPS) is 14.5.